The Morgan fingerprint density at radius 2 is 2.04 bits per heavy atom. The van der Waals surface area contributed by atoms with Crippen molar-refractivity contribution >= 4 is 39.4 Å². The maximum Gasteiger partial charge on any atom is 0.344 e. The molecule has 1 aliphatic carbocycles. The molecule has 1 aromatic rings. The van der Waals surface area contributed by atoms with Crippen LogP contribution in [0.4, 0.5) is 0 Å². The van der Waals surface area contributed by atoms with Crippen LogP contribution in [0.2, 0.25) is 5.02 Å². The molecule has 2 rings (SSSR count). The average Bonchev–Trinajstić information content (AvgIpc) is 2.54. The van der Waals surface area contributed by atoms with Crippen LogP contribution in [0.15, 0.2) is 22.7 Å². The molecule has 1 aromatic carbocycles. The number of hydrogen-bond donors (Lipinski definition) is 1. The number of amides is 1. The van der Waals surface area contributed by atoms with Crippen LogP contribution in [0.1, 0.15) is 32.6 Å². The van der Waals surface area contributed by atoms with Crippen molar-refractivity contribution in [3.8, 4) is 5.75 Å². The molecule has 1 fully saturated rings. The monoisotopic (exact) mass is 417 g/mol. The fourth-order valence-electron chi connectivity index (χ4n) is 2.70. The average molecular weight is 419 g/mol. The van der Waals surface area contributed by atoms with Gasteiger partial charge in [0.15, 0.2) is 13.2 Å². The second-order valence-electron chi connectivity index (χ2n) is 5.96. The zero-order valence-electron chi connectivity index (χ0n) is 13.5. The first kappa shape index (κ1) is 19.1. The van der Waals surface area contributed by atoms with Gasteiger partial charge in [0.1, 0.15) is 5.75 Å². The summed E-state index contributed by atoms with van der Waals surface area (Å²) in [5.74, 6) is -0.0387. The third-order valence-corrected chi connectivity index (χ3v) is 4.85. The topological polar surface area (TPSA) is 64.6 Å². The number of hydrogen-bond acceptors (Lipinski definition) is 4. The molecule has 2 atom stereocenters. The Hall–Kier alpha value is -1.27. The molecule has 0 aromatic heterocycles. The SMILES string of the molecule is C[C@@H]1CCCC[C@H]1NC(=O)COC(=O)COc1ccc(Br)cc1Cl. The van der Waals surface area contributed by atoms with Crippen molar-refractivity contribution in [3.63, 3.8) is 0 Å². The standard InChI is InChI=1S/C17H21BrClNO4/c1-11-4-2-3-5-14(11)20-16(21)9-24-17(22)10-23-15-7-6-12(18)8-13(15)19/h6-8,11,14H,2-5,9-10H2,1H3,(H,20,21)/t11-,14-/m1/s1. The van der Waals surface area contributed by atoms with Crippen LogP contribution in [0.3, 0.4) is 0 Å². The Bertz CT molecular complexity index is 596. The van der Waals surface area contributed by atoms with Crippen LogP contribution >= 0.6 is 27.5 Å². The molecule has 0 bridgehead atoms. The van der Waals surface area contributed by atoms with E-state index in [4.69, 9.17) is 21.1 Å². The molecule has 0 spiro atoms. The van der Waals surface area contributed by atoms with E-state index in [1.807, 2.05) is 0 Å². The molecule has 0 unspecified atom stereocenters. The van der Waals surface area contributed by atoms with Crippen LogP contribution in [-0.4, -0.2) is 31.1 Å². The fraction of sp³-hybridized carbons (Fsp3) is 0.529. The molecule has 7 heteroatoms. The minimum atomic E-state index is -0.610. The molecule has 0 aliphatic heterocycles. The van der Waals surface area contributed by atoms with Gasteiger partial charge in [0.05, 0.1) is 5.02 Å². The lowest BCUT2D eigenvalue weighted by Crippen LogP contribution is -2.43. The summed E-state index contributed by atoms with van der Waals surface area (Å²) in [6, 6.07) is 5.24. The van der Waals surface area contributed by atoms with Crippen LogP contribution in [0.25, 0.3) is 0 Å². The summed E-state index contributed by atoms with van der Waals surface area (Å²) in [5, 5.41) is 3.32. The Morgan fingerprint density at radius 1 is 1.29 bits per heavy atom. The van der Waals surface area contributed by atoms with Crippen molar-refractivity contribution in [2.75, 3.05) is 13.2 Å². The summed E-state index contributed by atoms with van der Waals surface area (Å²) in [7, 11) is 0. The summed E-state index contributed by atoms with van der Waals surface area (Å²) in [4.78, 5) is 23.5. The van der Waals surface area contributed by atoms with Gasteiger partial charge in [0, 0.05) is 10.5 Å². The summed E-state index contributed by atoms with van der Waals surface area (Å²) in [6.07, 6.45) is 4.42. The van der Waals surface area contributed by atoms with Crippen LogP contribution in [0.5, 0.6) is 5.75 Å². The first-order chi connectivity index (χ1) is 11.5. The Balaban J connectivity index is 1.69. The molecule has 132 valence electrons. The third kappa shape index (κ3) is 5.98. The van der Waals surface area contributed by atoms with E-state index in [0.717, 1.165) is 23.7 Å². The zero-order chi connectivity index (χ0) is 17.5. The lowest BCUT2D eigenvalue weighted by atomic mass is 9.86. The Morgan fingerprint density at radius 3 is 2.75 bits per heavy atom. The molecule has 0 radical (unpaired) electrons. The smallest absolute Gasteiger partial charge is 0.344 e. The summed E-state index contributed by atoms with van der Waals surface area (Å²) < 4.78 is 11.0. The molecule has 1 N–H and O–H groups in total. The van der Waals surface area contributed by atoms with Gasteiger partial charge in [-0.25, -0.2) is 4.79 Å². The van der Waals surface area contributed by atoms with Gasteiger partial charge in [-0.3, -0.25) is 4.79 Å². The summed E-state index contributed by atoms with van der Waals surface area (Å²) >= 11 is 9.28. The highest BCUT2D eigenvalue weighted by Gasteiger charge is 2.23. The first-order valence-electron chi connectivity index (χ1n) is 7.98. The Labute approximate surface area is 155 Å². The van der Waals surface area contributed by atoms with Gasteiger partial charge in [0.25, 0.3) is 5.91 Å². The number of carbonyl (C=O) groups is 2. The lowest BCUT2D eigenvalue weighted by molar-refractivity contribution is -0.150. The first-order valence-corrected chi connectivity index (χ1v) is 9.15. The largest absolute Gasteiger partial charge is 0.480 e. The van der Waals surface area contributed by atoms with Crippen molar-refractivity contribution < 1.29 is 19.1 Å². The van der Waals surface area contributed by atoms with E-state index in [1.54, 1.807) is 18.2 Å². The minimum Gasteiger partial charge on any atom is -0.480 e. The highest BCUT2D eigenvalue weighted by molar-refractivity contribution is 9.10. The van der Waals surface area contributed by atoms with E-state index in [9.17, 15) is 9.59 Å². The van der Waals surface area contributed by atoms with Gasteiger partial charge < -0.3 is 14.8 Å². The van der Waals surface area contributed by atoms with E-state index in [1.165, 1.54) is 6.42 Å². The molecule has 5 nitrogen and oxygen atoms in total. The lowest BCUT2D eigenvalue weighted by Gasteiger charge is -2.29. The summed E-state index contributed by atoms with van der Waals surface area (Å²) in [5.41, 5.74) is 0. The number of benzene rings is 1. The Kier molecular flexibility index (Phi) is 7.37. The minimum absolute atomic E-state index is 0.169. The number of nitrogens with one attached hydrogen (secondary N) is 1. The second kappa shape index (κ2) is 9.28. The predicted molar refractivity (Wildman–Crippen MR) is 95.2 cm³/mol. The molecule has 1 saturated carbocycles. The van der Waals surface area contributed by atoms with Crippen molar-refractivity contribution in [2.45, 2.75) is 38.6 Å². The number of ether oxygens (including phenoxy) is 2. The van der Waals surface area contributed by atoms with E-state index in [0.29, 0.717) is 16.7 Å². The highest BCUT2D eigenvalue weighted by Crippen LogP contribution is 2.27. The molecule has 0 saturated heterocycles. The van der Waals surface area contributed by atoms with Gasteiger partial charge in [-0.05, 0) is 37.0 Å². The van der Waals surface area contributed by atoms with Gasteiger partial charge in [-0.15, -0.1) is 0 Å². The normalized spacial score (nSPS) is 20.3. The fourth-order valence-corrected chi connectivity index (χ4v) is 3.42. The van der Waals surface area contributed by atoms with Gasteiger partial charge >= 0.3 is 5.97 Å². The molecule has 1 aliphatic rings. The predicted octanol–water partition coefficient (Wildman–Crippen LogP) is 3.72. The molecule has 24 heavy (non-hydrogen) atoms. The third-order valence-electron chi connectivity index (χ3n) is 4.06. The zero-order valence-corrected chi connectivity index (χ0v) is 15.9. The molecular weight excluding hydrogens is 398 g/mol. The van der Waals surface area contributed by atoms with Crippen LogP contribution < -0.4 is 10.1 Å². The second-order valence-corrected chi connectivity index (χ2v) is 7.28. The number of rotatable bonds is 6. The van der Waals surface area contributed by atoms with E-state index < -0.39 is 5.97 Å². The van der Waals surface area contributed by atoms with Crippen molar-refractivity contribution in [2.24, 2.45) is 5.92 Å². The van der Waals surface area contributed by atoms with Crippen molar-refractivity contribution in [3.05, 3.63) is 27.7 Å². The van der Waals surface area contributed by atoms with Crippen molar-refractivity contribution in [1.29, 1.82) is 0 Å². The van der Waals surface area contributed by atoms with Crippen molar-refractivity contribution in [1.82, 2.24) is 5.32 Å². The van der Waals surface area contributed by atoms with Crippen LogP contribution in [-0.2, 0) is 14.3 Å². The quantitative estimate of drug-likeness (QED) is 0.715. The molecule has 0 heterocycles. The van der Waals surface area contributed by atoms with E-state index in [-0.39, 0.29) is 25.2 Å². The molecule has 1 amide bonds. The van der Waals surface area contributed by atoms with Gasteiger partial charge in [-0.2, -0.15) is 0 Å². The van der Waals surface area contributed by atoms with E-state index >= 15 is 0 Å². The number of halogens is 2. The van der Waals surface area contributed by atoms with Gasteiger partial charge in [0.2, 0.25) is 0 Å². The van der Waals surface area contributed by atoms with Crippen LogP contribution in [0, 0.1) is 5.92 Å². The maximum absolute atomic E-state index is 11.9. The number of carbonyl (C=O) groups excluding carboxylic acids is 2. The van der Waals surface area contributed by atoms with Gasteiger partial charge in [-0.1, -0.05) is 47.3 Å². The van der Waals surface area contributed by atoms with E-state index in [2.05, 4.69) is 28.2 Å². The summed E-state index contributed by atoms with van der Waals surface area (Å²) in [6.45, 7) is 1.54. The number of esters is 1. The maximum atomic E-state index is 11.9. The molecular formula is C17H21BrClNO4. The highest BCUT2D eigenvalue weighted by atomic mass is 79.9.